The Balaban J connectivity index is 2.63. The van der Waals surface area contributed by atoms with Gasteiger partial charge in [-0.05, 0) is 24.1 Å². The highest BCUT2D eigenvalue weighted by Gasteiger charge is 2.27. The zero-order valence-electron chi connectivity index (χ0n) is 14.7. The number of carbonyl (C=O) groups is 3. The molecule has 1 N–H and O–H groups in total. The maximum absolute atomic E-state index is 12.2. The van der Waals surface area contributed by atoms with Crippen molar-refractivity contribution >= 4 is 17.8 Å². The van der Waals surface area contributed by atoms with Crippen molar-refractivity contribution in [3.8, 4) is 5.75 Å². The third kappa shape index (κ3) is 6.66. The Morgan fingerprint density at radius 3 is 2.50 bits per heavy atom. The van der Waals surface area contributed by atoms with Gasteiger partial charge in [0.15, 0.2) is 6.61 Å². The number of esters is 2. The minimum absolute atomic E-state index is 0.0533. The molecule has 0 aliphatic rings. The maximum Gasteiger partial charge on any atom is 0.387 e. The van der Waals surface area contributed by atoms with Crippen molar-refractivity contribution in [2.75, 3.05) is 13.7 Å². The molecule has 1 aromatic carbocycles. The predicted octanol–water partition coefficient (Wildman–Crippen LogP) is 2.15. The second-order valence-electron chi connectivity index (χ2n) is 5.44. The van der Waals surface area contributed by atoms with E-state index in [1.165, 1.54) is 25.3 Å². The molecule has 1 rings (SSSR count). The van der Waals surface area contributed by atoms with Gasteiger partial charge >= 0.3 is 18.6 Å². The number of hydrogen-bond donors (Lipinski definition) is 1. The van der Waals surface area contributed by atoms with Gasteiger partial charge in [-0.1, -0.05) is 26.3 Å². The molecule has 2 atom stereocenters. The molecule has 0 heterocycles. The van der Waals surface area contributed by atoms with Gasteiger partial charge in [0.25, 0.3) is 5.91 Å². The number of ether oxygens (including phenoxy) is 3. The van der Waals surface area contributed by atoms with E-state index in [0.29, 0.717) is 6.42 Å². The lowest BCUT2D eigenvalue weighted by Gasteiger charge is -2.21. The second kappa shape index (κ2) is 10.3. The van der Waals surface area contributed by atoms with E-state index in [-0.39, 0.29) is 17.2 Å². The van der Waals surface area contributed by atoms with Crippen LogP contribution >= 0.6 is 0 Å². The number of carbonyl (C=O) groups excluding carboxylic acids is 3. The zero-order chi connectivity index (χ0) is 19.7. The van der Waals surface area contributed by atoms with E-state index in [0.717, 1.165) is 6.07 Å². The van der Waals surface area contributed by atoms with Crippen molar-refractivity contribution in [2.24, 2.45) is 5.92 Å². The predicted molar refractivity (Wildman–Crippen MR) is 86.8 cm³/mol. The molecule has 0 radical (unpaired) electrons. The molecule has 9 heteroatoms. The molecule has 0 aliphatic carbocycles. The summed E-state index contributed by atoms with van der Waals surface area (Å²) in [5.74, 6) is -2.56. The summed E-state index contributed by atoms with van der Waals surface area (Å²) in [5, 5.41) is 2.45. The summed E-state index contributed by atoms with van der Waals surface area (Å²) >= 11 is 0. The zero-order valence-corrected chi connectivity index (χ0v) is 14.7. The molecule has 1 aromatic rings. The Hall–Kier alpha value is -2.71. The van der Waals surface area contributed by atoms with E-state index in [1.807, 2.05) is 6.92 Å². The summed E-state index contributed by atoms with van der Waals surface area (Å²) in [4.78, 5) is 35.6. The quantitative estimate of drug-likeness (QED) is 0.667. The molecular weight excluding hydrogens is 352 g/mol. The van der Waals surface area contributed by atoms with Crippen LogP contribution in [0.4, 0.5) is 8.78 Å². The SMILES string of the molecule is CCC(C)C(NC(=O)COC(=O)c1cccc(OC(F)F)c1)C(=O)OC. The lowest BCUT2D eigenvalue weighted by molar-refractivity contribution is -0.147. The summed E-state index contributed by atoms with van der Waals surface area (Å²) < 4.78 is 38.0. The monoisotopic (exact) mass is 373 g/mol. The van der Waals surface area contributed by atoms with Gasteiger partial charge in [0.05, 0.1) is 12.7 Å². The number of hydrogen-bond acceptors (Lipinski definition) is 6. The van der Waals surface area contributed by atoms with Gasteiger partial charge < -0.3 is 19.5 Å². The summed E-state index contributed by atoms with van der Waals surface area (Å²) in [6, 6.07) is 4.13. The van der Waals surface area contributed by atoms with Crippen LogP contribution in [0.1, 0.15) is 30.6 Å². The first-order valence-corrected chi connectivity index (χ1v) is 7.87. The molecule has 0 bridgehead atoms. The van der Waals surface area contributed by atoms with Crippen molar-refractivity contribution in [2.45, 2.75) is 32.9 Å². The number of halogens is 2. The first-order valence-electron chi connectivity index (χ1n) is 7.87. The largest absolute Gasteiger partial charge is 0.467 e. The average Bonchev–Trinajstić information content (AvgIpc) is 2.62. The molecule has 0 aliphatic heterocycles. The molecule has 0 aromatic heterocycles. The first-order chi connectivity index (χ1) is 12.3. The van der Waals surface area contributed by atoms with Crippen LogP contribution in [0.15, 0.2) is 24.3 Å². The Kier molecular flexibility index (Phi) is 8.47. The van der Waals surface area contributed by atoms with E-state index in [2.05, 4.69) is 14.8 Å². The van der Waals surface area contributed by atoms with Crippen molar-refractivity contribution in [3.05, 3.63) is 29.8 Å². The van der Waals surface area contributed by atoms with Crippen LogP contribution in [0, 0.1) is 5.92 Å². The molecule has 0 spiro atoms. The van der Waals surface area contributed by atoms with Crippen LogP contribution in [0.25, 0.3) is 0 Å². The smallest absolute Gasteiger partial charge is 0.387 e. The topological polar surface area (TPSA) is 90.9 Å². The van der Waals surface area contributed by atoms with E-state index < -0.39 is 37.1 Å². The average molecular weight is 373 g/mol. The summed E-state index contributed by atoms with van der Waals surface area (Å²) in [6.07, 6.45) is 0.622. The first kappa shape index (κ1) is 21.3. The van der Waals surface area contributed by atoms with Crippen molar-refractivity contribution in [1.29, 1.82) is 0 Å². The lowest BCUT2D eigenvalue weighted by Crippen LogP contribution is -2.47. The minimum atomic E-state index is -3.03. The number of nitrogens with one attached hydrogen (secondary N) is 1. The lowest BCUT2D eigenvalue weighted by atomic mass is 9.99. The highest BCUT2D eigenvalue weighted by Crippen LogP contribution is 2.16. The molecule has 144 valence electrons. The fourth-order valence-corrected chi connectivity index (χ4v) is 2.02. The number of benzene rings is 1. The highest BCUT2D eigenvalue weighted by atomic mass is 19.3. The van der Waals surface area contributed by atoms with Crippen molar-refractivity contribution < 1.29 is 37.4 Å². The van der Waals surface area contributed by atoms with Gasteiger partial charge in [-0.15, -0.1) is 0 Å². The number of methoxy groups -OCH3 is 1. The fraction of sp³-hybridized carbons (Fsp3) is 0.471. The van der Waals surface area contributed by atoms with Gasteiger partial charge in [0.2, 0.25) is 0 Å². The van der Waals surface area contributed by atoms with Gasteiger partial charge in [0.1, 0.15) is 11.8 Å². The Bertz CT molecular complexity index is 637. The minimum Gasteiger partial charge on any atom is -0.467 e. The van der Waals surface area contributed by atoms with Gasteiger partial charge in [0, 0.05) is 0 Å². The number of alkyl halides is 2. The Morgan fingerprint density at radius 1 is 1.23 bits per heavy atom. The van der Waals surface area contributed by atoms with Crippen LogP contribution in [0.5, 0.6) is 5.75 Å². The number of rotatable bonds is 9. The van der Waals surface area contributed by atoms with Crippen molar-refractivity contribution in [3.63, 3.8) is 0 Å². The van der Waals surface area contributed by atoms with Gasteiger partial charge in [-0.25, -0.2) is 9.59 Å². The molecule has 2 unspecified atom stereocenters. The van der Waals surface area contributed by atoms with E-state index in [1.54, 1.807) is 6.92 Å². The van der Waals surface area contributed by atoms with Gasteiger partial charge in [-0.2, -0.15) is 8.78 Å². The molecule has 26 heavy (non-hydrogen) atoms. The molecule has 7 nitrogen and oxygen atoms in total. The molecule has 0 fully saturated rings. The third-order valence-electron chi connectivity index (χ3n) is 3.61. The molecule has 0 saturated carbocycles. The summed E-state index contributed by atoms with van der Waals surface area (Å²) in [7, 11) is 1.21. The van der Waals surface area contributed by atoms with Crippen LogP contribution < -0.4 is 10.1 Å². The molecular formula is C17H21F2NO6. The van der Waals surface area contributed by atoms with Gasteiger partial charge in [-0.3, -0.25) is 4.79 Å². The second-order valence-corrected chi connectivity index (χ2v) is 5.44. The van der Waals surface area contributed by atoms with E-state index in [4.69, 9.17) is 4.74 Å². The van der Waals surface area contributed by atoms with Crippen molar-refractivity contribution in [1.82, 2.24) is 5.32 Å². The molecule has 1 amide bonds. The summed E-state index contributed by atoms with van der Waals surface area (Å²) in [5.41, 5.74) is -0.0533. The highest BCUT2D eigenvalue weighted by molar-refractivity contribution is 5.92. The maximum atomic E-state index is 12.2. The fourth-order valence-electron chi connectivity index (χ4n) is 2.02. The van der Waals surface area contributed by atoms with Crippen LogP contribution in [-0.2, 0) is 19.1 Å². The van der Waals surface area contributed by atoms with Crippen LogP contribution in [0.3, 0.4) is 0 Å². The standard InChI is InChI=1S/C17H21F2NO6/c1-4-10(2)14(16(23)24-3)20-13(21)9-25-15(22)11-6-5-7-12(8-11)26-17(18)19/h5-8,10,14,17H,4,9H2,1-3H3,(H,20,21). The normalized spacial score (nSPS) is 12.8. The van der Waals surface area contributed by atoms with E-state index in [9.17, 15) is 23.2 Å². The number of amides is 1. The third-order valence-corrected chi connectivity index (χ3v) is 3.61. The van der Waals surface area contributed by atoms with Crippen LogP contribution in [0.2, 0.25) is 0 Å². The Morgan fingerprint density at radius 2 is 1.92 bits per heavy atom. The van der Waals surface area contributed by atoms with E-state index >= 15 is 0 Å². The molecule has 0 saturated heterocycles. The summed E-state index contributed by atoms with van der Waals surface area (Å²) in [6.45, 7) is -0.0466. The van der Waals surface area contributed by atoms with Crippen LogP contribution in [-0.4, -0.2) is 44.2 Å². The Labute approximate surface area is 149 Å².